The molecule has 0 aliphatic heterocycles. The Bertz CT molecular complexity index is 676. The first kappa shape index (κ1) is 19.4. The van der Waals surface area contributed by atoms with Crippen LogP contribution in [0.15, 0.2) is 34.7 Å². The summed E-state index contributed by atoms with van der Waals surface area (Å²) in [6, 6.07) is 10.2. The molecule has 1 heterocycles. The molecule has 0 fully saturated rings. The number of amides is 2. The zero-order valence-corrected chi connectivity index (χ0v) is 15.8. The van der Waals surface area contributed by atoms with Crippen molar-refractivity contribution in [3.63, 3.8) is 0 Å². The number of hydrogen-bond acceptors (Lipinski definition) is 6. The highest BCUT2D eigenvalue weighted by Gasteiger charge is 2.08. The van der Waals surface area contributed by atoms with E-state index in [9.17, 15) is 9.59 Å². The molecule has 0 aliphatic carbocycles. The maximum Gasteiger partial charge on any atom is 0.226 e. The van der Waals surface area contributed by atoms with Crippen LogP contribution in [0.4, 0.5) is 5.13 Å². The predicted octanol–water partition coefficient (Wildman–Crippen LogP) is 3.47. The Morgan fingerprint density at radius 1 is 1.12 bits per heavy atom. The summed E-state index contributed by atoms with van der Waals surface area (Å²) in [4.78, 5) is 22.6. The van der Waals surface area contributed by atoms with Gasteiger partial charge in [-0.25, -0.2) is 0 Å². The van der Waals surface area contributed by atoms with Gasteiger partial charge in [0, 0.05) is 25.6 Å². The lowest BCUT2D eigenvalue weighted by Gasteiger charge is -2.02. The normalized spacial score (nSPS) is 10.4. The Labute approximate surface area is 155 Å². The van der Waals surface area contributed by atoms with Crippen LogP contribution in [0, 0.1) is 0 Å². The molecule has 134 valence electrons. The maximum absolute atomic E-state index is 11.9. The van der Waals surface area contributed by atoms with Gasteiger partial charge in [0.15, 0.2) is 4.34 Å². The monoisotopic (exact) mass is 378 g/mol. The van der Waals surface area contributed by atoms with Crippen LogP contribution >= 0.6 is 23.1 Å². The van der Waals surface area contributed by atoms with E-state index in [1.165, 1.54) is 23.8 Å². The Morgan fingerprint density at radius 3 is 2.68 bits per heavy atom. The summed E-state index contributed by atoms with van der Waals surface area (Å²) in [6.45, 7) is 2.16. The molecule has 2 aromatic rings. The summed E-state index contributed by atoms with van der Waals surface area (Å²) in [6.07, 6.45) is 3.03. The smallest absolute Gasteiger partial charge is 0.226 e. The van der Waals surface area contributed by atoms with Gasteiger partial charge in [-0.2, -0.15) is 0 Å². The van der Waals surface area contributed by atoms with Crippen molar-refractivity contribution in [3.8, 4) is 0 Å². The molecule has 1 aromatic carbocycles. The molecule has 2 rings (SSSR count). The van der Waals surface area contributed by atoms with Crippen LogP contribution in [0.1, 0.15) is 38.2 Å². The fraction of sp³-hybridized carbons (Fsp3) is 0.412. The average Bonchev–Trinajstić information content (AvgIpc) is 3.04. The van der Waals surface area contributed by atoms with E-state index in [1.807, 2.05) is 18.2 Å². The molecule has 0 unspecified atom stereocenters. The predicted molar refractivity (Wildman–Crippen MR) is 102 cm³/mol. The molecule has 1 aromatic heterocycles. The average molecular weight is 379 g/mol. The number of unbranched alkanes of at least 4 members (excludes halogenated alkanes) is 2. The third kappa shape index (κ3) is 8.13. The number of carbonyl (C=O) groups is 2. The molecular weight excluding hydrogens is 356 g/mol. The van der Waals surface area contributed by atoms with Crippen molar-refractivity contribution in [2.24, 2.45) is 0 Å². The SMILES string of the molecule is CC(=O)NCCCCCC(=O)Nc1nnc(SCc2ccccc2)s1. The molecule has 6 nitrogen and oxygen atoms in total. The molecule has 0 aliphatic rings. The van der Waals surface area contributed by atoms with Crippen LogP contribution in [0.2, 0.25) is 0 Å². The Kier molecular flexibility index (Phi) is 8.41. The van der Waals surface area contributed by atoms with Gasteiger partial charge >= 0.3 is 0 Å². The van der Waals surface area contributed by atoms with E-state index in [2.05, 4.69) is 33.0 Å². The van der Waals surface area contributed by atoms with E-state index in [1.54, 1.807) is 11.8 Å². The van der Waals surface area contributed by atoms with Gasteiger partial charge in [-0.15, -0.1) is 10.2 Å². The zero-order valence-electron chi connectivity index (χ0n) is 14.2. The second-order valence-electron chi connectivity index (χ2n) is 5.49. The van der Waals surface area contributed by atoms with E-state index < -0.39 is 0 Å². The molecule has 0 bridgehead atoms. The van der Waals surface area contributed by atoms with Crippen molar-refractivity contribution >= 4 is 40.0 Å². The summed E-state index contributed by atoms with van der Waals surface area (Å²) in [7, 11) is 0. The maximum atomic E-state index is 11.9. The first-order valence-corrected chi connectivity index (χ1v) is 9.98. The second kappa shape index (κ2) is 10.8. The van der Waals surface area contributed by atoms with Crippen molar-refractivity contribution in [1.82, 2.24) is 15.5 Å². The summed E-state index contributed by atoms with van der Waals surface area (Å²) < 4.78 is 0.842. The van der Waals surface area contributed by atoms with Gasteiger partial charge in [0.2, 0.25) is 16.9 Å². The highest BCUT2D eigenvalue weighted by Crippen LogP contribution is 2.28. The molecule has 25 heavy (non-hydrogen) atoms. The molecule has 0 spiro atoms. The van der Waals surface area contributed by atoms with Crippen LogP contribution < -0.4 is 10.6 Å². The van der Waals surface area contributed by atoms with Crippen molar-refractivity contribution in [1.29, 1.82) is 0 Å². The standard InChI is InChI=1S/C17H22N4O2S2/c1-13(22)18-11-7-3-6-10-15(23)19-16-20-21-17(25-16)24-12-14-8-4-2-5-9-14/h2,4-5,8-9H,3,6-7,10-12H2,1H3,(H,18,22)(H,19,20,23). The van der Waals surface area contributed by atoms with Crippen LogP contribution in [-0.2, 0) is 15.3 Å². The van der Waals surface area contributed by atoms with E-state index in [0.29, 0.717) is 18.1 Å². The molecule has 8 heteroatoms. The van der Waals surface area contributed by atoms with Crippen molar-refractivity contribution in [3.05, 3.63) is 35.9 Å². The lowest BCUT2D eigenvalue weighted by molar-refractivity contribution is -0.119. The Hall–Kier alpha value is -1.93. The first-order chi connectivity index (χ1) is 12.1. The Balaban J connectivity index is 1.63. The minimum absolute atomic E-state index is 0.0186. The topological polar surface area (TPSA) is 84.0 Å². The molecule has 0 saturated carbocycles. The quantitative estimate of drug-likeness (QED) is 0.376. The molecule has 0 atom stereocenters. The van der Waals surface area contributed by atoms with Gasteiger partial charge in [-0.3, -0.25) is 9.59 Å². The number of benzene rings is 1. The number of rotatable bonds is 10. The first-order valence-electron chi connectivity index (χ1n) is 8.18. The minimum atomic E-state index is -0.0460. The van der Waals surface area contributed by atoms with Gasteiger partial charge in [0.25, 0.3) is 0 Å². The van der Waals surface area contributed by atoms with Gasteiger partial charge in [0.05, 0.1) is 0 Å². The van der Waals surface area contributed by atoms with Crippen molar-refractivity contribution in [2.45, 2.75) is 42.7 Å². The number of hydrogen-bond donors (Lipinski definition) is 2. The molecule has 0 radical (unpaired) electrons. The van der Waals surface area contributed by atoms with E-state index >= 15 is 0 Å². The number of aromatic nitrogens is 2. The number of nitrogens with zero attached hydrogens (tertiary/aromatic N) is 2. The summed E-state index contributed by atoms with van der Waals surface area (Å²) in [5, 5.41) is 14.2. The summed E-state index contributed by atoms with van der Waals surface area (Å²) >= 11 is 3.00. The molecule has 2 amide bonds. The van der Waals surface area contributed by atoms with Crippen molar-refractivity contribution < 1.29 is 9.59 Å². The van der Waals surface area contributed by atoms with Gasteiger partial charge < -0.3 is 10.6 Å². The van der Waals surface area contributed by atoms with Gasteiger partial charge in [-0.05, 0) is 18.4 Å². The fourth-order valence-corrected chi connectivity index (χ4v) is 3.80. The summed E-state index contributed by atoms with van der Waals surface area (Å²) in [5.41, 5.74) is 1.23. The zero-order chi connectivity index (χ0) is 17.9. The number of anilines is 1. The minimum Gasteiger partial charge on any atom is -0.356 e. The lowest BCUT2D eigenvalue weighted by Crippen LogP contribution is -2.20. The van der Waals surface area contributed by atoms with Crippen molar-refractivity contribution in [2.75, 3.05) is 11.9 Å². The van der Waals surface area contributed by atoms with E-state index in [-0.39, 0.29) is 11.8 Å². The highest BCUT2D eigenvalue weighted by atomic mass is 32.2. The molecular formula is C17H22N4O2S2. The third-order valence-electron chi connectivity index (χ3n) is 3.31. The third-order valence-corrected chi connectivity index (χ3v) is 5.36. The fourth-order valence-electron chi connectivity index (χ4n) is 2.07. The molecule has 0 saturated heterocycles. The molecule has 2 N–H and O–H groups in total. The summed E-state index contributed by atoms with van der Waals surface area (Å²) in [5.74, 6) is 0.766. The number of carbonyl (C=O) groups excluding carboxylic acids is 2. The van der Waals surface area contributed by atoms with Gasteiger partial charge in [0.1, 0.15) is 0 Å². The second-order valence-corrected chi connectivity index (χ2v) is 7.69. The van der Waals surface area contributed by atoms with Crippen LogP contribution in [0.25, 0.3) is 0 Å². The van der Waals surface area contributed by atoms with Crippen LogP contribution in [0.5, 0.6) is 0 Å². The highest BCUT2D eigenvalue weighted by molar-refractivity contribution is 8.00. The largest absolute Gasteiger partial charge is 0.356 e. The Morgan fingerprint density at radius 2 is 1.92 bits per heavy atom. The van der Waals surface area contributed by atoms with Crippen LogP contribution in [0.3, 0.4) is 0 Å². The number of nitrogens with one attached hydrogen (secondary N) is 2. The van der Waals surface area contributed by atoms with Gasteiger partial charge in [-0.1, -0.05) is 59.9 Å². The number of thioether (sulfide) groups is 1. The lowest BCUT2D eigenvalue weighted by atomic mass is 10.2. The van der Waals surface area contributed by atoms with E-state index in [4.69, 9.17) is 0 Å². The van der Waals surface area contributed by atoms with E-state index in [0.717, 1.165) is 29.4 Å². The van der Waals surface area contributed by atoms with Crippen LogP contribution in [-0.4, -0.2) is 28.6 Å².